The second-order valence-corrected chi connectivity index (χ2v) is 9.38. The van der Waals surface area contributed by atoms with Crippen LogP contribution >= 0.6 is 23.4 Å². The van der Waals surface area contributed by atoms with Crippen molar-refractivity contribution >= 4 is 51.7 Å². The average molecular weight is 458 g/mol. The average Bonchev–Trinajstić information content (AvgIpc) is 3.50. The van der Waals surface area contributed by atoms with Gasteiger partial charge in [0.1, 0.15) is 11.0 Å². The molecule has 1 unspecified atom stereocenters. The van der Waals surface area contributed by atoms with Crippen LogP contribution in [-0.4, -0.2) is 40.3 Å². The number of thioether (sulfide) groups is 1. The van der Waals surface area contributed by atoms with Gasteiger partial charge in [-0.05, 0) is 56.0 Å². The highest BCUT2D eigenvalue weighted by molar-refractivity contribution is 8.15. The number of rotatable bonds is 6. The lowest BCUT2D eigenvalue weighted by molar-refractivity contribution is -0.128. The van der Waals surface area contributed by atoms with E-state index in [-0.39, 0.29) is 24.3 Å². The number of methoxy groups -OCH3 is 1. The van der Waals surface area contributed by atoms with Gasteiger partial charge in [-0.1, -0.05) is 41.6 Å². The van der Waals surface area contributed by atoms with E-state index in [9.17, 15) is 9.59 Å². The standard InChI is InChI=1S/C23H24ClN3O3S/c1-13-5-4-6-14(2)21(13)26-23-27(16-8-9-16)22(29)19(31-23)12-20(28)25-17-11-15(24)7-10-18(17)30-3/h4-7,10-11,16,19H,8-9,12H2,1-3H3,(H,25,28). The highest BCUT2D eigenvalue weighted by atomic mass is 35.5. The molecule has 2 fully saturated rings. The molecule has 2 aromatic rings. The van der Waals surface area contributed by atoms with Gasteiger partial charge in [0, 0.05) is 17.5 Å². The molecule has 4 rings (SSSR count). The van der Waals surface area contributed by atoms with Gasteiger partial charge in [0.2, 0.25) is 11.8 Å². The van der Waals surface area contributed by atoms with Crippen LogP contribution < -0.4 is 10.1 Å². The monoisotopic (exact) mass is 457 g/mol. The molecule has 1 saturated heterocycles. The Balaban J connectivity index is 1.53. The van der Waals surface area contributed by atoms with Crippen LogP contribution in [0, 0.1) is 13.8 Å². The minimum absolute atomic E-state index is 0.0498. The van der Waals surface area contributed by atoms with Gasteiger partial charge in [0.15, 0.2) is 5.17 Å². The van der Waals surface area contributed by atoms with Crippen LogP contribution in [0.3, 0.4) is 0 Å². The number of anilines is 1. The molecule has 0 spiro atoms. The molecule has 1 aliphatic carbocycles. The first-order valence-electron chi connectivity index (χ1n) is 10.2. The fourth-order valence-corrected chi connectivity index (χ4v) is 4.96. The first-order valence-corrected chi connectivity index (χ1v) is 11.4. The summed E-state index contributed by atoms with van der Waals surface area (Å²) in [7, 11) is 1.53. The summed E-state index contributed by atoms with van der Waals surface area (Å²) in [5.74, 6) is 0.196. The molecule has 2 aromatic carbocycles. The van der Waals surface area contributed by atoms with E-state index in [1.807, 2.05) is 32.0 Å². The zero-order chi connectivity index (χ0) is 22.1. The first kappa shape index (κ1) is 21.7. The maximum atomic E-state index is 13.1. The Labute approximate surface area is 191 Å². The van der Waals surface area contributed by atoms with Crippen LogP contribution in [0.25, 0.3) is 0 Å². The second kappa shape index (κ2) is 8.93. The van der Waals surface area contributed by atoms with E-state index in [4.69, 9.17) is 21.3 Å². The van der Waals surface area contributed by atoms with Gasteiger partial charge in [-0.3, -0.25) is 14.5 Å². The van der Waals surface area contributed by atoms with Gasteiger partial charge < -0.3 is 10.1 Å². The Morgan fingerprint density at radius 2 is 1.97 bits per heavy atom. The number of ether oxygens (including phenoxy) is 1. The Morgan fingerprint density at radius 3 is 2.61 bits per heavy atom. The van der Waals surface area contributed by atoms with E-state index in [0.29, 0.717) is 21.6 Å². The van der Waals surface area contributed by atoms with Gasteiger partial charge >= 0.3 is 0 Å². The van der Waals surface area contributed by atoms with Crippen LogP contribution in [0.15, 0.2) is 41.4 Å². The molecule has 1 saturated carbocycles. The van der Waals surface area contributed by atoms with Gasteiger partial charge in [-0.15, -0.1) is 0 Å². The number of amidine groups is 1. The van der Waals surface area contributed by atoms with E-state index >= 15 is 0 Å². The number of para-hydroxylation sites is 1. The van der Waals surface area contributed by atoms with Crippen molar-refractivity contribution in [1.82, 2.24) is 4.90 Å². The lowest BCUT2D eigenvalue weighted by atomic mass is 10.1. The topological polar surface area (TPSA) is 71.0 Å². The van der Waals surface area contributed by atoms with Gasteiger partial charge in [0.25, 0.3) is 0 Å². The summed E-state index contributed by atoms with van der Waals surface area (Å²) in [6.07, 6.45) is 1.99. The molecular formula is C23H24ClN3O3S. The fourth-order valence-electron chi connectivity index (χ4n) is 3.59. The van der Waals surface area contributed by atoms with E-state index in [1.54, 1.807) is 23.1 Å². The van der Waals surface area contributed by atoms with Crippen molar-refractivity contribution in [2.45, 2.75) is 44.4 Å². The third kappa shape index (κ3) is 4.72. The number of hydrogen-bond acceptors (Lipinski definition) is 5. The number of benzene rings is 2. The number of halogens is 1. The zero-order valence-electron chi connectivity index (χ0n) is 17.6. The number of nitrogens with zero attached hydrogens (tertiary/aromatic N) is 2. The van der Waals surface area contributed by atoms with Crippen molar-refractivity contribution in [3.8, 4) is 5.75 Å². The number of amides is 2. The van der Waals surface area contributed by atoms with Crippen LogP contribution in [0.5, 0.6) is 5.75 Å². The molecule has 1 N–H and O–H groups in total. The molecule has 2 amide bonds. The molecule has 162 valence electrons. The summed E-state index contributed by atoms with van der Waals surface area (Å²) in [6, 6.07) is 11.2. The van der Waals surface area contributed by atoms with E-state index in [0.717, 1.165) is 29.7 Å². The lowest BCUT2D eigenvalue weighted by Crippen LogP contribution is -2.35. The maximum absolute atomic E-state index is 13.1. The summed E-state index contributed by atoms with van der Waals surface area (Å²) < 4.78 is 5.28. The Kier molecular flexibility index (Phi) is 6.25. The van der Waals surface area contributed by atoms with Crippen molar-refractivity contribution in [3.63, 3.8) is 0 Å². The molecule has 2 aliphatic rings. The third-order valence-electron chi connectivity index (χ3n) is 5.33. The van der Waals surface area contributed by atoms with Crippen molar-refractivity contribution in [3.05, 3.63) is 52.5 Å². The third-order valence-corrected chi connectivity index (χ3v) is 6.72. The predicted octanol–water partition coefficient (Wildman–Crippen LogP) is 5.09. The van der Waals surface area contributed by atoms with Crippen LogP contribution in [0.4, 0.5) is 11.4 Å². The van der Waals surface area contributed by atoms with Crippen LogP contribution in [-0.2, 0) is 9.59 Å². The Morgan fingerprint density at radius 1 is 1.26 bits per heavy atom. The summed E-state index contributed by atoms with van der Waals surface area (Å²) in [6.45, 7) is 4.03. The molecule has 1 heterocycles. The number of hydrogen-bond donors (Lipinski definition) is 1. The summed E-state index contributed by atoms with van der Waals surface area (Å²) in [5.41, 5.74) is 3.49. The molecule has 0 aromatic heterocycles. The summed E-state index contributed by atoms with van der Waals surface area (Å²) in [4.78, 5) is 32.5. The van der Waals surface area contributed by atoms with Crippen LogP contribution in [0.1, 0.15) is 30.4 Å². The summed E-state index contributed by atoms with van der Waals surface area (Å²) >= 11 is 7.41. The van der Waals surface area contributed by atoms with Crippen molar-refractivity contribution < 1.29 is 14.3 Å². The van der Waals surface area contributed by atoms with Gasteiger partial charge in [0.05, 0.1) is 18.5 Å². The lowest BCUT2D eigenvalue weighted by Gasteiger charge is -2.16. The summed E-state index contributed by atoms with van der Waals surface area (Å²) in [5, 5.41) is 3.49. The fraction of sp³-hybridized carbons (Fsp3) is 0.348. The van der Waals surface area contributed by atoms with Crippen molar-refractivity contribution in [1.29, 1.82) is 0 Å². The maximum Gasteiger partial charge on any atom is 0.242 e. The molecule has 31 heavy (non-hydrogen) atoms. The number of aryl methyl sites for hydroxylation is 2. The molecule has 6 nitrogen and oxygen atoms in total. The zero-order valence-corrected chi connectivity index (χ0v) is 19.2. The molecular weight excluding hydrogens is 434 g/mol. The largest absolute Gasteiger partial charge is 0.495 e. The Bertz CT molecular complexity index is 1050. The van der Waals surface area contributed by atoms with E-state index in [1.165, 1.54) is 18.9 Å². The molecule has 1 atom stereocenters. The van der Waals surface area contributed by atoms with E-state index in [2.05, 4.69) is 5.32 Å². The normalized spacial score (nSPS) is 19.7. The smallest absolute Gasteiger partial charge is 0.242 e. The Hall–Kier alpha value is -2.51. The van der Waals surface area contributed by atoms with E-state index < -0.39 is 5.25 Å². The highest BCUT2D eigenvalue weighted by Gasteiger charge is 2.46. The number of carbonyl (C=O) groups is 2. The highest BCUT2D eigenvalue weighted by Crippen LogP contribution is 2.40. The molecule has 1 aliphatic heterocycles. The number of carbonyl (C=O) groups excluding carboxylic acids is 2. The number of aliphatic imine (C=N–C) groups is 1. The molecule has 0 radical (unpaired) electrons. The minimum Gasteiger partial charge on any atom is -0.495 e. The predicted molar refractivity (Wildman–Crippen MR) is 126 cm³/mol. The SMILES string of the molecule is COc1ccc(Cl)cc1NC(=O)CC1SC(=Nc2c(C)cccc2C)N(C2CC2)C1=O. The minimum atomic E-state index is -0.506. The van der Waals surface area contributed by atoms with Gasteiger partial charge in [-0.25, -0.2) is 4.99 Å². The van der Waals surface area contributed by atoms with Crippen molar-refractivity contribution in [2.75, 3.05) is 12.4 Å². The molecule has 0 bridgehead atoms. The number of nitrogens with one attached hydrogen (secondary N) is 1. The first-order chi connectivity index (χ1) is 14.9. The van der Waals surface area contributed by atoms with Gasteiger partial charge in [-0.2, -0.15) is 0 Å². The van der Waals surface area contributed by atoms with Crippen LogP contribution in [0.2, 0.25) is 5.02 Å². The quantitative estimate of drug-likeness (QED) is 0.656. The second-order valence-electron chi connectivity index (χ2n) is 7.78. The van der Waals surface area contributed by atoms with Crippen molar-refractivity contribution in [2.24, 2.45) is 4.99 Å². The molecule has 8 heteroatoms.